The first-order valence-corrected chi connectivity index (χ1v) is 14.1. The minimum atomic E-state index is -0.909. The molecule has 0 unspecified atom stereocenters. The van der Waals surface area contributed by atoms with Crippen LogP contribution in [0.15, 0.2) is 79.0 Å². The van der Waals surface area contributed by atoms with Gasteiger partial charge in [-0.3, -0.25) is 19.4 Å². The summed E-state index contributed by atoms with van der Waals surface area (Å²) in [7, 11) is 0. The molecule has 41 heavy (non-hydrogen) atoms. The van der Waals surface area contributed by atoms with E-state index in [1.807, 2.05) is 24.8 Å². The Balaban J connectivity index is 1.37. The number of aromatic nitrogens is 1. The van der Waals surface area contributed by atoms with Gasteiger partial charge in [-0.05, 0) is 68.8 Å². The molecule has 1 saturated heterocycles. The second-order valence-corrected chi connectivity index (χ2v) is 10.9. The van der Waals surface area contributed by atoms with Gasteiger partial charge in [-0.25, -0.2) is 0 Å². The van der Waals surface area contributed by atoms with Crippen LogP contribution in [0.1, 0.15) is 30.7 Å². The van der Waals surface area contributed by atoms with E-state index in [-0.39, 0.29) is 31.0 Å². The van der Waals surface area contributed by atoms with E-state index in [9.17, 15) is 14.4 Å². The Morgan fingerprint density at radius 3 is 2.32 bits per heavy atom. The van der Waals surface area contributed by atoms with Gasteiger partial charge in [0, 0.05) is 60.3 Å². The van der Waals surface area contributed by atoms with Gasteiger partial charge in [0.1, 0.15) is 6.04 Å². The Morgan fingerprint density at radius 2 is 1.68 bits per heavy atom. The Bertz CT molecular complexity index is 1350. The van der Waals surface area contributed by atoms with E-state index < -0.39 is 17.9 Å². The van der Waals surface area contributed by atoms with Crippen molar-refractivity contribution < 1.29 is 14.4 Å². The molecule has 1 aliphatic rings. The van der Waals surface area contributed by atoms with Crippen LogP contribution >= 0.6 is 11.6 Å². The van der Waals surface area contributed by atoms with E-state index >= 15 is 0 Å². The zero-order chi connectivity index (χ0) is 29.4. The lowest BCUT2D eigenvalue weighted by Gasteiger charge is -2.45. The molecule has 1 aromatic heterocycles. The van der Waals surface area contributed by atoms with Crippen LogP contribution in [0.25, 0.3) is 6.08 Å². The highest BCUT2D eigenvalue weighted by Gasteiger charge is 2.33. The monoisotopic (exact) mass is 573 g/mol. The van der Waals surface area contributed by atoms with Gasteiger partial charge in [-0.2, -0.15) is 0 Å². The van der Waals surface area contributed by atoms with Gasteiger partial charge in [-0.1, -0.05) is 47.5 Å². The van der Waals surface area contributed by atoms with Crippen molar-refractivity contribution in [2.75, 3.05) is 24.5 Å². The number of carbonyl (C=O) groups is 3. The fourth-order valence-corrected chi connectivity index (χ4v) is 5.19. The summed E-state index contributed by atoms with van der Waals surface area (Å²) in [6.07, 6.45) is 4.83. The molecule has 4 rings (SSSR count). The van der Waals surface area contributed by atoms with Crippen molar-refractivity contribution in [2.45, 2.75) is 45.3 Å². The van der Waals surface area contributed by atoms with E-state index in [4.69, 9.17) is 11.6 Å². The Morgan fingerprint density at radius 1 is 1.00 bits per heavy atom. The summed E-state index contributed by atoms with van der Waals surface area (Å²) in [5, 5.41) is 6.11. The summed E-state index contributed by atoms with van der Waals surface area (Å²) in [6.45, 7) is 7.34. The fourth-order valence-electron chi connectivity index (χ4n) is 5.06. The highest BCUT2D eigenvalue weighted by atomic mass is 35.5. The molecule has 1 aliphatic heterocycles. The van der Waals surface area contributed by atoms with Gasteiger partial charge in [0.2, 0.25) is 17.7 Å². The third-order valence-electron chi connectivity index (χ3n) is 7.09. The Labute approximate surface area is 246 Å². The number of halogens is 1. The Hall–Kier alpha value is -4.17. The number of aryl methyl sites for hydroxylation is 1. The van der Waals surface area contributed by atoms with Gasteiger partial charge in [0.25, 0.3) is 0 Å². The van der Waals surface area contributed by atoms with Gasteiger partial charge in [-0.15, -0.1) is 0 Å². The predicted octanol–water partition coefficient (Wildman–Crippen LogP) is 4.03. The summed E-state index contributed by atoms with van der Waals surface area (Å²) in [6, 6.07) is 19.8. The van der Waals surface area contributed by atoms with Gasteiger partial charge >= 0.3 is 0 Å². The number of hydrogen-bond donors (Lipinski definition) is 2. The second-order valence-electron chi connectivity index (χ2n) is 10.4. The van der Waals surface area contributed by atoms with Crippen molar-refractivity contribution in [1.29, 1.82) is 0 Å². The molecular formula is C32H36ClN5O3. The molecule has 0 saturated carbocycles. The normalized spacial score (nSPS) is 17.8. The molecule has 3 aromatic rings. The molecule has 0 radical (unpaired) electrons. The number of amides is 3. The van der Waals surface area contributed by atoms with E-state index in [1.165, 1.54) is 11.6 Å². The Kier molecular flexibility index (Phi) is 10.1. The lowest BCUT2D eigenvalue weighted by atomic mass is 10.1. The molecule has 3 amide bonds. The van der Waals surface area contributed by atoms with E-state index in [2.05, 4.69) is 51.7 Å². The maximum Gasteiger partial charge on any atom is 0.244 e. The van der Waals surface area contributed by atoms with Crippen LogP contribution < -0.4 is 15.5 Å². The summed E-state index contributed by atoms with van der Waals surface area (Å²) in [5.41, 5.74) is 3.78. The quantitative estimate of drug-likeness (QED) is 0.377. The number of piperazine rings is 1. The first-order chi connectivity index (χ1) is 19.7. The smallest absolute Gasteiger partial charge is 0.244 e. The minimum absolute atomic E-state index is 0.0357. The molecule has 0 spiro atoms. The van der Waals surface area contributed by atoms with Crippen LogP contribution in [0.4, 0.5) is 5.69 Å². The molecular weight excluding hydrogens is 538 g/mol. The highest BCUT2D eigenvalue weighted by molar-refractivity contribution is 6.30. The summed E-state index contributed by atoms with van der Waals surface area (Å²) >= 11 is 5.93. The van der Waals surface area contributed by atoms with Gasteiger partial charge < -0.3 is 20.4 Å². The van der Waals surface area contributed by atoms with Crippen LogP contribution in [-0.2, 0) is 20.8 Å². The summed E-state index contributed by atoms with van der Waals surface area (Å²) < 4.78 is 0. The number of benzene rings is 2. The van der Waals surface area contributed by atoms with Crippen LogP contribution in [0, 0.1) is 6.92 Å². The van der Waals surface area contributed by atoms with Crippen molar-refractivity contribution in [2.24, 2.45) is 0 Å². The molecule has 8 nitrogen and oxygen atoms in total. The average Bonchev–Trinajstić information content (AvgIpc) is 2.96. The number of pyridine rings is 1. The van der Waals surface area contributed by atoms with Crippen molar-refractivity contribution in [1.82, 2.24) is 20.5 Å². The maximum atomic E-state index is 13.3. The largest absolute Gasteiger partial charge is 0.367 e. The minimum Gasteiger partial charge on any atom is -0.367 e. The van der Waals surface area contributed by atoms with Crippen molar-refractivity contribution in [3.8, 4) is 0 Å². The first-order valence-electron chi connectivity index (χ1n) is 13.7. The SMILES string of the molecule is Cc1ccc(N2C[C@@H](C)N(C(=O)CNC(=O)[C@H](Cc3ccccn3)NC(=O)/C=C/c3ccc(Cl)cc3)[C@@H](C)C2)cc1. The molecule has 9 heteroatoms. The van der Waals surface area contributed by atoms with Gasteiger partial charge in [0.05, 0.1) is 6.54 Å². The predicted molar refractivity (Wildman–Crippen MR) is 163 cm³/mol. The fraction of sp³-hybridized carbons (Fsp3) is 0.312. The number of rotatable bonds is 9. The van der Waals surface area contributed by atoms with Crippen LogP contribution in [0.5, 0.6) is 0 Å². The van der Waals surface area contributed by atoms with Crippen LogP contribution in [-0.4, -0.2) is 65.4 Å². The summed E-state index contributed by atoms with van der Waals surface area (Å²) in [4.78, 5) is 47.6. The maximum absolute atomic E-state index is 13.3. The molecule has 0 aliphatic carbocycles. The zero-order valence-electron chi connectivity index (χ0n) is 23.6. The topological polar surface area (TPSA) is 94.6 Å². The standard InChI is InChI=1S/C32H36ClN5O3/c1-22-7-14-28(15-8-22)37-20-23(2)38(24(3)21-37)31(40)19-35-32(41)29(18-27-6-4-5-17-34-27)36-30(39)16-11-25-9-12-26(33)13-10-25/h4-17,23-24,29H,18-21H2,1-3H3,(H,35,41)(H,36,39)/b16-11+/t23-,24+,29-/m0/s1. The lowest BCUT2D eigenvalue weighted by molar-refractivity contribution is -0.137. The van der Waals surface area contributed by atoms with Crippen molar-refractivity contribution in [3.05, 3.63) is 101 Å². The number of nitrogens with zero attached hydrogens (tertiary/aromatic N) is 3. The third kappa shape index (κ3) is 8.41. The van der Waals surface area contributed by atoms with E-state index in [1.54, 1.807) is 48.7 Å². The highest BCUT2D eigenvalue weighted by Crippen LogP contribution is 2.23. The zero-order valence-corrected chi connectivity index (χ0v) is 24.3. The molecule has 0 bridgehead atoms. The van der Waals surface area contributed by atoms with Gasteiger partial charge in [0.15, 0.2) is 0 Å². The number of hydrogen-bond acceptors (Lipinski definition) is 5. The molecule has 3 atom stereocenters. The number of anilines is 1. The lowest BCUT2D eigenvalue weighted by Crippen LogP contribution is -2.60. The second kappa shape index (κ2) is 13.9. The van der Waals surface area contributed by atoms with E-state index in [0.717, 1.165) is 11.3 Å². The van der Waals surface area contributed by atoms with Crippen LogP contribution in [0.2, 0.25) is 5.02 Å². The van der Waals surface area contributed by atoms with Crippen LogP contribution in [0.3, 0.4) is 0 Å². The van der Waals surface area contributed by atoms with E-state index in [0.29, 0.717) is 23.8 Å². The third-order valence-corrected chi connectivity index (χ3v) is 7.34. The molecule has 2 aromatic carbocycles. The van der Waals surface area contributed by atoms with Crippen molar-refractivity contribution in [3.63, 3.8) is 0 Å². The molecule has 2 N–H and O–H groups in total. The number of carbonyl (C=O) groups excluding carboxylic acids is 3. The number of nitrogens with one attached hydrogen (secondary N) is 2. The average molecular weight is 574 g/mol. The molecule has 214 valence electrons. The first kappa shape index (κ1) is 29.8. The molecule has 1 fully saturated rings. The summed E-state index contributed by atoms with van der Waals surface area (Å²) in [5.74, 6) is -1.04. The van der Waals surface area contributed by atoms with Crippen molar-refractivity contribution >= 4 is 41.1 Å². The molecule has 2 heterocycles.